The summed E-state index contributed by atoms with van der Waals surface area (Å²) in [6.45, 7) is 3.36. The molecular formula is C17H21N3O2S. The van der Waals surface area contributed by atoms with E-state index < -0.39 is 0 Å². The number of nitrogens with zero attached hydrogens (tertiary/aromatic N) is 1. The van der Waals surface area contributed by atoms with Gasteiger partial charge in [0.1, 0.15) is 0 Å². The molecule has 1 aliphatic rings. The van der Waals surface area contributed by atoms with Gasteiger partial charge in [-0.2, -0.15) is 0 Å². The second-order valence-electron chi connectivity index (χ2n) is 6.20. The van der Waals surface area contributed by atoms with Crippen molar-refractivity contribution in [2.45, 2.75) is 35.3 Å². The van der Waals surface area contributed by atoms with E-state index in [2.05, 4.69) is 0 Å². The zero-order valence-corrected chi connectivity index (χ0v) is 13.9. The second kappa shape index (κ2) is 6.29. The summed E-state index contributed by atoms with van der Waals surface area (Å²) in [6.07, 6.45) is 1.61. The highest BCUT2D eigenvalue weighted by molar-refractivity contribution is 7.99. The fourth-order valence-corrected chi connectivity index (χ4v) is 3.37. The molecule has 1 aromatic heterocycles. The number of hydrogen-bond acceptors (Lipinski definition) is 5. The molecule has 4 N–H and O–H groups in total. The first-order valence-corrected chi connectivity index (χ1v) is 8.47. The Balaban J connectivity index is 1.67. The van der Waals surface area contributed by atoms with Crippen LogP contribution in [-0.2, 0) is 0 Å². The van der Waals surface area contributed by atoms with Crippen LogP contribution in [0.3, 0.4) is 0 Å². The van der Waals surface area contributed by atoms with E-state index in [4.69, 9.17) is 15.9 Å². The molecule has 1 amide bonds. The van der Waals surface area contributed by atoms with Crippen molar-refractivity contribution in [3.63, 3.8) is 0 Å². The zero-order valence-electron chi connectivity index (χ0n) is 13.1. The van der Waals surface area contributed by atoms with Crippen molar-refractivity contribution >= 4 is 23.4 Å². The molecule has 1 saturated heterocycles. The first-order chi connectivity index (χ1) is 10.9. The lowest BCUT2D eigenvalue weighted by atomic mass is 9.91. The number of hydrogen-bond donors (Lipinski definition) is 2. The molecule has 0 saturated carbocycles. The van der Waals surface area contributed by atoms with Gasteiger partial charge in [-0.05, 0) is 55.8 Å². The molecule has 0 aliphatic carbocycles. The quantitative estimate of drug-likeness (QED) is 0.845. The number of benzene rings is 1. The van der Waals surface area contributed by atoms with E-state index >= 15 is 0 Å². The zero-order chi connectivity index (χ0) is 16.4. The number of nitrogen functional groups attached to an aromatic ring is 1. The Hall–Kier alpha value is -1.92. The smallest absolute Gasteiger partial charge is 0.289 e. The molecule has 0 unspecified atom stereocenters. The fraction of sp³-hybridized carbons (Fsp3) is 0.353. The molecular weight excluding hydrogens is 310 g/mol. The van der Waals surface area contributed by atoms with Crippen LogP contribution in [0, 0.1) is 0 Å². The molecule has 0 radical (unpaired) electrons. The van der Waals surface area contributed by atoms with Crippen molar-refractivity contribution in [1.82, 2.24) is 4.90 Å². The average Bonchev–Trinajstić information content (AvgIpc) is 2.97. The second-order valence-corrected chi connectivity index (χ2v) is 7.25. The molecule has 0 bridgehead atoms. The Morgan fingerprint density at radius 2 is 1.91 bits per heavy atom. The molecule has 1 fully saturated rings. The monoisotopic (exact) mass is 331 g/mol. The molecule has 3 rings (SSSR count). The number of carbonyl (C=O) groups excluding carboxylic acids is 1. The fourth-order valence-electron chi connectivity index (χ4n) is 2.55. The lowest BCUT2D eigenvalue weighted by molar-refractivity contribution is 0.0643. The largest absolute Gasteiger partial charge is 0.444 e. The third-order valence-corrected chi connectivity index (χ3v) is 5.13. The Labute approximate surface area is 140 Å². The predicted octanol–water partition coefficient (Wildman–Crippen LogP) is 2.97. The van der Waals surface area contributed by atoms with Gasteiger partial charge < -0.3 is 20.8 Å². The van der Waals surface area contributed by atoms with Crippen molar-refractivity contribution in [3.8, 4) is 0 Å². The van der Waals surface area contributed by atoms with Gasteiger partial charge in [-0.15, -0.1) is 0 Å². The van der Waals surface area contributed by atoms with Crippen LogP contribution in [0.4, 0.5) is 5.69 Å². The number of carbonyl (C=O) groups is 1. The summed E-state index contributed by atoms with van der Waals surface area (Å²) >= 11 is 1.42. The van der Waals surface area contributed by atoms with Crippen molar-refractivity contribution in [1.29, 1.82) is 0 Å². The van der Waals surface area contributed by atoms with Crippen LogP contribution in [-0.4, -0.2) is 29.4 Å². The van der Waals surface area contributed by atoms with Crippen molar-refractivity contribution in [2.24, 2.45) is 5.73 Å². The lowest BCUT2D eigenvalue weighted by Gasteiger charge is -2.36. The maximum atomic E-state index is 12.5. The van der Waals surface area contributed by atoms with Crippen LogP contribution in [0.5, 0.6) is 0 Å². The summed E-state index contributed by atoms with van der Waals surface area (Å²) in [6, 6.07) is 11.1. The molecule has 6 heteroatoms. The van der Waals surface area contributed by atoms with Gasteiger partial charge in [-0.3, -0.25) is 4.79 Å². The molecule has 23 heavy (non-hydrogen) atoms. The van der Waals surface area contributed by atoms with E-state index in [1.165, 1.54) is 11.8 Å². The van der Waals surface area contributed by atoms with Crippen LogP contribution in [0.2, 0.25) is 0 Å². The minimum atomic E-state index is -0.175. The van der Waals surface area contributed by atoms with Gasteiger partial charge >= 0.3 is 0 Å². The number of furan rings is 1. The van der Waals surface area contributed by atoms with Gasteiger partial charge in [0.05, 0.1) is 0 Å². The number of likely N-dealkylation sites (tertiary alicyclic amines) is 1. The van der Waals surface area contributed by atoms with E-state index in [-0.39, 0.29) is 11.4 Å². The van der Waals surface area contributed by atoms with E-state index in [0.29, 0.717) is 29.6 Å². The first kappa shape index (κ1) is 16.0. The Kier molecular flexibility index (Phi) is 4.37. The summed E-state index contributed by atoms with van der Waals surface area (Å²) in [5.74, 6) is 0.288. The number of nitrogens with two attached hydrogens (primary N) is 2. The lowest BCUT2D eigenvalue weighted by Crippen LogP contribution is -2.49. The van der Waals surface area contributed by atoms with Gasteiger partial charge in [0.2, 0.25) is 0 Å². The van der Waals surface area contributed by atoms with Gasteiger partial charge in [-0.1, -0.05) is 12.1 Å². The summed E-state index contributed by atoms with van der Waals surface area (Å²) in [4.78, 5) is 15.2. The highest BCUT2D eigenvalue weighted by Gasteiger charge is 2.29. The number of anilines is 1. The molecule has 2 heterocycles. The van der Waals surface area contributed by atoms with Crippen LogP contribution in [0.15, 0.2) is 50.8 Å². The summed E-state index contributed by atoms with van der Waals surface area (Å²) in [7, 11) is 0. The average molecular weight is 331 g/mol. The van der Waals surface area contributed by atoms with Crippen molar-refractivity contribution < 1.29 is 9.21 Å². The Morgan fingerprint density at radius 1 is 1.22 bits per heavy atom. The van der Waals surface area contributed by atoms with Crippen LogP contribution in [0.25, 0.3) is 0 Å². The summed E-state index contributed by atoms with van der Waals surface area (Å²) in [5.41, 5.74) is 12.6. The van der Waals surface area contributed by atoms with E-state index in [9.17, 15) is 4.79 Å². The molecule has 1 aliphatic heterocycles. The third kappa shape index (κ3) is 3.71. The summed E-state index contributed by atoms with van der Waals surface area (Å²) in [5, 5.41) is 0.659. The third-order valence-electron chi connectivity index (χ3n) is 4.11. The minimum absolute atomic E-state index is 0.0756. The maximum Gasteiger partial charge on any atom is 0.289 e. The van der Waals surface area contributed by atoms with Gasteiger partial charge in [-0.25, -0.2) is 0 Å². The highest BCUT2D eigenvalue weighted by Crippen LogP contribution is 2.33. The first-order valence-electron chi connectivity index (χ1n) is 7.65. The van der Waals surface area contributed by atoms with E-state index in [1.54, 1.807) is 17.0 Å². The number of para-hydroxylation sites is 1. The molecule has 0 atom stereocenters. The number of rotatable bonds is 3. The Morgan fingerprint density at radius 3 is 2.61 bits per heavy atom. The van der Waals surface area contributed by atoms with Gasteiger partial charge in [0.15, 0.2) is 10.9 Å². The molecule has 5 nitrogen and oxygen atoms in total. The van der Waals surface area contributed by atoms with Crippen molar-refractivity contribution in [3.05, 3.63) is 42.2 Å². The molecule has 2 aromatic rings. The van der Waals surface area contributed by atoms with Crippen LogP contribution in [0.1, 0.15) is 30.3 Å². The van der Waals surface area contributed by atoms with Gasteiger partial charge in [0, 0.05) is 29.2 Å². The van der Waals surface area contributed by atoms with E-state index in [0.717, 1.165) is 17.7 Å². The molecule has 1 aromatic carbocycles. The SMILES string of the molecule is CC1(N)CCN(C(=O)c2ccc(Sc3ccccc3N)o2)CC1. The highest BCUT2D eigenvalue weighted by atomic mass is 32.2. The van der Waals surface area contributed by atoms with E-state index in [1.807, 2.05) is 31.2 Å². The normalized spacial score (nSPS) is 17.2. The van der Waals surface area contributed by atoms with Crippen LogP contribution < -0.4 is 11.5 Å². The van der Waals surface area contributed by atoms with Crippen molar-refractivity contribution in [2.75, 3.05) is 18.8 Å². The predicted molar refractivity (Wildman–Crippen MR) is 91.4 cm³/mol. The standard InChI is InChI=1S/C17H21N3O2S/c1-17(19)8-10-20(11-9-17)16(21)13-6-7-15(22-13)23-14-5-3-2-4-12(14)18/h2-7H,8-11,18-19H2,1H3. The minimum Gasteiger partial charge on any atom is -0.444 e. The topological polar surface area (TPSA) is 85.5 Å². The number of piperidine rings is 1. The molecule has 122 valence electrons. The maximum absolute atomic E-state index is 12.5. The number of amides is 1. The Bertz CT molecular complexity index is 701. The van der Waals surface area contributed by atoms with Gasteiger partial charge in [0.25, 0.3) is 5.91 Å². The summed E-state index contributed by atoms with van der Waals surface area (Å²) < 4.78 is 5.69. The van der Waals surface area contributed by atoms with Crippen LogP contribution >= 0.6 is 11.8 Å². The molecule has 0 spiro atoms.